The molecular weight excluding hydrogens is 1370 g/mol. The molecule has 526 valence electrons. The number of fused-ring (bicyclic) bond motifs is 12. The molecule has 10 nitrogen and oxygen atoms in total. The second kappa shape index (κ2) is 27.8. The van der Waals surface area contributed by atoms with Crippen molar-refractivity contribution in [1.29, 1.82) is 0 Å². The first-order valence-corrected chi connectivity index (χ1v) is 37.6. The van der Waals surface area contributed by atoms with Crippen LogP contribution in [-0.2, 0) is 9.31 Å². The topological polar surface area (TPSA) is 89.7 Å². The molecule has 0 radical (unpaired) electrons. The maximum absolute atomic E-state index is 6.43. The molecule has 7 heterocycles. The summed E-state index contributed by atoms with van der Waals surface area (Å²) in [6.45, 7) is 8.40. The van der Waals surface area contributed by atoms with Crippen LogP contribution in [0.5, 0.6) is 0 Å². The molecule has 0 amide bonds. The average Bonchev–Trinajstić information content (AvgIpc) is 1.56. The number of hydrogen-bond donors (Lipinski definition) is 0. The summed E-state index contributed by atoms with van der Waals surface area (Å²) in [6, 6.07) is 123. The molecule has 0 spiro atoms. The molecule has 1 fully saturated rings. The molecular formula is C98H72BClN8O2. The average molecular weight is 1440 g/mol. The van der Waals surface area contributed by atoms with E-state index in [0.29, 0.717) is 0 Å². The third-order valence-electron chi connectivity index (χ3n) is 21.8. The molecule has 12 heteroatoms. The van der Waals surface area contributed by atoms with E-state index >= 15 is 0 Å². The maximum atomic E-state index is 6.43. The van der Waals surface area contributed by atoms with E-state index in [4.69, 9.17) is 30.9 Å². The number of nitrogens with zero attached hydrogens (tertiary/aromatic N) is 8. The van der Waals surface area contributed by atoms with Crippen LogP contribution in [0.2, 0.25) is 5.28 Å². The number of rotatable bonds is 10. The van der Waals surface area contributed by atoms with E-state index in [1.54, 1.807) is 0 Å². The summed E-state index contributed by atoms with van der Waals surface area (Å²) in [5, 5.41) is 9.51. The largest absolute Gasteiger partial charge is 0.494 e. The normalized spacial score (nSPS) is 13.2. The van der Waals surface area contributed by atoms with Crippen LogP contribution in [0, 0.1) is 0 Å². The highest BCUT2D eigenvalue weighted by molar-refractivity contribution is 6.62. The predicted octanol–water partition coefficient (Wildman–Crippen LogP) is 24.3. The fourth-order valence-corrected chi connectivity index (χ4v) is 15.8. The zero-order valence-electron chi connectivity index (χ0n) is 61.0. The van der Waals surface area contributed by atoms with Crippen LogP contribution < -0.4 is 5.46 Å². The minimum atomic E-state index is -0.409. The molecule has 21 rings (SSSR count). The monoisotopic (exact) mass is 1440 g/mol. The number of benzene rings is 14. The molecule has 1 aliphatic rings. The third kappa shape index (κ3) is 12.1. The molecule has 110 heavy (non-hydrogen) atoms. The number of para-hydroxylation sites is 4. The summed E-state index contributed by atoms with van der Waals surface area (Å²) >= 11 is 5.95. The lowest BCUT2D eigenvalue weighted by atomic mass is 9.78. The molecule has 1 aliphatic heterocycles. The summed E-state index contributed by atoms with van der Waals surface area (Å²) in [6.07, 6.45) is 4.37. The predicted molar refractivity (Wildman–Crippen MR) is 456 cm³/mol. The highest BCUT2D eigenvalue weighted by atomic mass is 35.5. The van der Waals surface area contributed by atoms with Gasteiger partial charge in [0.15, 0.2) is 5.82 Å². The van der Waals surface area contributed by atoms with Crippen molar-refractivity contribution in [3.63, 3.8) is 0 Å². The van der Waals surface area contributed by atoms with Crippen LogP contribution in [0.15, 0.2) is 364 Å². The Morgan fingerprint density at radius 3 is 1.13 bits per heavy atom. The van der Waals surface area contributed by atoms with Gasteiger partial charge < -0.3 is 27.6 Å². The Kier molecular flexibility index (Phi) is 17.0. The number of hydrogen-bond acceptors (Lipinski definition) is 6. The van der Waals surface area contributed by atoms with Gasteiger partial charge in [-0.2, -0.15) is 0 Å². The van der Waals surface area contributed by atoms with Gasteiger partial charge in [0.25, 0.3) is 0 Å². The molecule has 1 saturated heterocycles. The van der Waals surface area contributed by atoms with Gasteiger partial charge in [0.2, 0.25) is 5.28 Å². The van der Waals surface area contributed by atoms with Crippen LogP contribution in [0.4, 0.5) is 0 Å². The van der Waals surface area contributed by atoms with Gasteiger partial charge in [-0.3, -0.25) is 0 Å². The van der Waals surface area contributed by atoms with Crippen molar-refractivity contribution in [2.75, 3.05) is 0 Å². The van der Waals surface area contributed by atoms with E-state index in [9.17, 15) is 0 Å². The lowest BCUT2D eigenvalue weighted by Gasteiger charge is -2.32. The molecule has 0 unspecified atom stereocenters. The van der Waals surface area contributed by atoms with Gasteiger partial charge in [-0.05, 0) is 176 Å². The van der Waals surface area contributed by atoms with Crippen molar-refractivity contribution in [3.8, 4) is 78.9 Å². The molecule has 0 bridgehead atoms. The fraction of sp³-hybridized carbons (Fsp3) is 0.0612. The van der Waals surface area contributed by atoms with Crippen LogP contribution >= 0.6 is 11.6 Å². The SMILES string of the molecule is CC1(C)OB(c2ccc3c(c2)c2ccc4c(ccn4-c4ccc(-c5ccccc5)cc4)c2n3-c2ccccc2)OC1(C)C.Clc1nc(-c2ccccc2)c2ccccc2n1.c1ccc(-c2ccc(-n3ccc4c3ccc3c5cc(-c6nc(-c7ccccc7)c7ccccc7n6)ccc5n(-c5ccccc5)c34)cc2)cc1. The van der Waals surface area contributed by atoms with E-state index in [1.807, 2.05) is 66.7 Å². The third-order valence-corrected chi connectivity index (χ3v) is 22.0. The first-order valence-electron chi connectivity index (χ1n) is 37.2. The molecule has 0 saturated carbocycles. The standard InChI is InChI=1S/C46H30N4.C38H33BN2O2.C14H9ClN2/c1-4-12-31(13-5-1)32-20-23-35(24-21-32)49-29-28-39-42(49)27-25-37-40-30-34(22-26-43(40)50(45(37)39)36-16-8-3-9-17-36)46-47-41-19-11-10-18-38(41)44(48-46)33-14-6-2-7-15-33;1-37(2)38(3,4)43-39(42-37)28-17-21-35-33(25-28)31-20-22-34-32(36(31)41(35)30-13-9-6-10-14-30)23-24-40(34)29-18-15-27(16-19-29)26-11-7-5-8-12-26;15-14-16-12-9-5-4-8-11(12)13(17-14)10-6-2-1-3-7-10/h1-30H;5-25H,1-4H3;1-9H. The smallest absolute Gasteiger partial charge is 0.399 e. The lowest BCUT2D eigenvalue weighted by molar-refractivity contribution is 0.00578. The summed E-state index contributed by atoms with van der Waals surface area (Å²) in [5.74, 6) is 0.719. The highest BCUT2D eigenvalue weighted by Gasteiger charge is 2.52. The minimum absolute atomic E-state index is 0.280. The van der Waals surface area contributed by atoms with Gasteiger partial charge in [0.05, 0.1) is 66.7 Å². The van der Waals surface area contributed by atoms with Crippen molar-refractivity contribution >= 4 is 111 Å². The van der Waals surface area contributed by atoms with Crippen molar-refractivity contribution in [1.82, 2.24) is 38.2 Å². The lowest BCUT2D eigenvalue weighted by Crippen LogP contribution is -2.41. The van der Waals surface area contributed by atoms with Gasteiger partial charge in [-0.25, -0.2) is 19.9 Å². The van der Waals surface area contributed by atoms with E-state index in [1.165, 1.54) is 71.1 Å². The minimum Gasteiger partial charge on any atom is -0.399 e. The zero-order chi connectivity index (χ0) is 74.0. The van der Waals surface area contributed by atoms with Crippen molar-refractivity contribution < 1.29 is 9.31 Å². The van der Waals surface area contributed by atoms with Gasteiger partial charge in [0.1, 0.15) is 0 Å². The number of halogens is 1. The fourth-order valence-electron chi connectivity index (χ4n) is 15.7. The van der Waals surface area contributed by atoms with E-state index in [2.05, 4.69) is 353 Å². The van der Waals surface area contributed by atoms with E-state index in [0.717, 1.165) is 100 Å². The maximum Gasteiger partial charge on any atom is 0.494 e. The Bertz CT molecular complexity index is 6810. The first-order chi connectivity index (χ1) is 53.9. The molecule has 20 aromatic rings. The highest BCUT2D eigenvalue weighted by Crippen LogP contribution is 2.43. The van der Waals surface area contributed by atoms with Crippen molar-refractivity contribution in [2.24, 2.45) is 0 Å². The van der Waals surface area contributed by atoms with Gasteiger partial charge in [-0.15, -0.1) is 0 Å². The Morgan fingerprint density at radius 2 is 0.655 bits per heavy atom. The molecule has 0 aliphatic carbocycles. The van der Waals surface area contributed by atoms with Crippen LogP contribution in [0.1, 0.15) is 27.7 Å². The van der Waals surface area contributed by atoms with Gasteiger partial charge >= 0.3 is 7.12 Å². The molecule has 0 atom stereocenters. The van der Waals surface area contributed by atoms with E-state index < -0.39 is 7.12 Å². The second-order valence-electron chi connectivity index (χ2n) is 28.9. The van der Waals surface area contributed by atoms with E-state index in [-0.39, 0.29) is 16.5 Å². The van der Waals surface area contributed by atoms with Gasteiger partial charge in [-0.1, -0.05) is 243 Å². The Balaban J connectivity index is 0.000000124. The zero-order valence-corrected chi connectivity index (χ0v) is 61.7. The Hall–Kier alpha value is -13.3. The molecule has 0 N–H and O–H groups in total. The quantitative estimate of drug-likeness (QED) is 0.100. The Morgan fingerprint density at radius 1 is 0.282 bits per heavy atom. The number of aromatic nitrogens is 8. The summed E-state index contributed by atoms with van der Waals surface area (Å²) in [5.41, 5.74) is 23.4. The van der Waals surface area contributed by atoms with Crippen LogP contribution in [-0.4, -0.2) is 56.5 Å². The summed E-state index contributed by atoms with van der Waals surface area (Å²) < 4.78 is 22.2. The molecule has 14 aromatic carbocycles. The Labute approximate surface area is 642 Å². The molecule has 6 aromatic heterocycles. The summed E-state index contributed by atoms with van der Waals surface area (Å²) in [7, 11) is -0.409. The summed E-state index contributed by atoms with van der Waals surface area (Å²) in [4.78, 5) is 18.8. The second-order valence-corrected chi connectivity index (χ2v) is 29.3. The van der Waals surface area contributed by atoms with Gasteiger partial charge in [0, 0.05) is 94.9 Å². The van der Waals surface area contributed by atoms with Crippen LogP contribution in [0.25, 0.3) is 166 Å². The van der Waals surface area contributed by atoms with Crippen molar-refractivity contribution in [2.45, 2.75) is 38.9 Å². The van der Waals surface area contributed by atoms with Crippen molar-refractivity contribution in [3.05, 3.63) is 370 Å². The first kappa shape index (κ1) is 67.3. The van der Waals surface area contributed by atoms with Crippen LogP contribution in [0.3, 0.4) is 0 Å².